The van der Waals surface area contributed by atoms with Gasteiger partial charge in [0.25, 0.3) is 0 Å². The highest BCUT2D eigenvalue weighted by atomic mass is 19.4. The highest BCUT2D eigenvalue weighted by molar-refractivity contribution is 6.12. The summed E-state index contributed by atoms with van der Waals surface area (Å²) in [4.78, 5) is 0. The lowest BCUT2D eigenvalue weighted by Gasteiger charge is -2.24. The number of halogens is 6. The second-order valence-electron chi connectivity index (χ2n) is 19.5. The number of fused-ring (bicyclic) bond motifs is 6. The molecule has 2 aromatic heterocycles. The Labute approximate surface area is 453 Å². The van der Waals surface area contributed by atoms with Crippen LogP contribution in [0.25, 0.3) is 100 Å². The molecule has 0 atom stereocenters. The smallest absolute Gasteiger partial charge is 0.309 e. The first-order valence-corrected chi connectivity index (χ1v) is 25.0. The van der Waals surface area contributed by atoms with Gasteiger partial charge in [-0.2, -0.15) is 52.7 Å². The molecule has 0 unspecified atom stereocenters. The first-order chi connectivity index (χ1) is 38.6. The fraction of sp³-hybridized carbons (Fsp3) is 0.0597. The van der Waals surface area contributed by atoms with E-state index in [0.717, 1.165) is 39.8 Å². The quantitative estimate of drug-likeness (QED) is 0.147. The summed E-state index contributed by atoms with van der Waals surface area (Å²) in [5.41, 5.74) is 7.17. The number of alkyl halides is 6. The van der Waals surface area contributed by atoms with E-state index in [1.54, 1.807) is 89.5 Å². The molecule has 0 radical (unpaired) electrons. The van der Waals surface area contributed by atoms with Crippen molar-refractivity contribution in [2.24, 2.45) is 0 Å². The summed E-state index contributed by atoms with van der Waals surface area (Å²) < 4.78 is 95.3. The maximum atomic E-state index is 15.3. The topological polar surface area (TPSA) is 129 Å². The van der Waals surface area contributed by atoms with E-state index >= 15 is 26.3 Å². The van der Waals surface area contributed by atoms with E-state index < -0.39 is 29.0 Å². The number of nitriles is 5. The third kappa shape index (κ3) is 8.74. The van der Waals surface area contributed by atoms with Crippen molar-refractivity contribution in [2.75, 3.05) is 0 Å². The Hall–Kier alpha value is -10.9. The second-order valence-corrected chi connectivity index (χ2v) is 19.5. The molecule has 0 saturated carbocycles. The number of hydrogen-bond acceptors (Lipinski definition) is 5. The summed E-state index contributed by atoms with van der Waals surface area (Å²) in [6, 6.07) is 60.2. The van der Waals surface area contributed by atoms with Crippen LogP contribution in [0.1, 0.15) is 62.2 Å². The minimum absolute atomic E-state index is 0.0363. The molecule has 0 aliphatic heterocycles. The lowest BCUT2D eigenvalue weighted by atomic mass is 9.90. The van der Waals surface area contributed by atoms with Crippen molar-refractivity contribution in [3.63, 3.8) is 0 Å². The van der Waals surface area contributed by atoms with Crippen LogP contribution >= 0.6 is 0 Å². The highest BCUT2D eigenvalue weighted by Crippen LogP contribution is 2.48. The number of aryl methyl sites for hydroxylation is 1. The van der Waals surface area contributed by atoms with Gasteiger partial charge in [-0.3, -0.25) is 0 Å². The highest BCUT2D eigenvalue weighted by Gasteiger charge is 2.38. The zero-order valence-electron chi connectivity index (χ0n) is 41.7. The molecule has 380 valence electrons. The molecule has 2 heterocycles. The largest absolute Gasteiger partial charge is 0.416 e. The van der Waals surface area contributed by atoms with Crippen molar-refractivity contribution in [1.82, 2.24) is 9.13 Å². The Morgan fingerprint density at radius 2 is 0.700 bits per heavy atom. The molecule has 1 aliphatic rings. The standard InChI is InChI=1S/C67H35F6N7/c68-66(69,70)53-27-52(28-54(33-53)67(71,72)73)65-63(79-59-29-48(44-9-1-39(34-74)2-10-44)17-21-55(59)56-22-18-49(30-60(56)79)45-11-3-40(35-75)4-12-45)25-43(38-78)26-64(65)80-61-31-50(46-13-5-41(36-76)6-14-46)19-23-57(61)58-24-20-51(32-62(58)80)47-15-7-42(37-77)8-16-47/h1-19,21-23,25-33H,20,24H2. The third-order valence-electron chi connectivity index (χ3n) is 14.8. The monoisotopic (exact) mass is 1050 g/mol. The van der Waals surface area contributed by atoms with Gasteiger partial charge in [-0.25, -0.2) is 0 Å². The van der Waals surface area contributed by atoms with Gasteiger partial charge < -0.3 is 9.13 Å². The number of allylic oxidation sites excluding steroid dienone is 1. The summed E-state index contributed by atoms with van der Waals surface area (Å²) in [5.74, 6) is 0. The van der Waals surface area contributed by atoms with E-state index in [1.807, 2.05) is 77.4 Å². The zero-order valence-corrected chi connectivity index (χ0v) is 41.7. The Morgan fingerprint density at radius 3 is 1.10 bits per heavy atom. The SMILES string of the molecule is N#Cc1ccc(C2=Cc3c(c4ccc(-c5ccc(C#N)cc5)cc4n3-c3cc(C#N)cc(-n4c5cc(-c6ccc(C#N)cc6)ccc5c5ccc(-c6ccc(C#N)cc6)cc54)c3-c3cc(C(F)(F)F)cc(C(F)(F)F)c3)CC2)cc1. The minimum Gasteiger partial charge on any atom is -0.309 e. The maximum absolute atomic E-state index is 15.3. The van der Waals surface area contributed by atoms with Gasteiger partial charge >= 0.3 is 12.4 Å². The first-order valence-electron chi connectivity index (χ1n) is 25.0. The van der Waals surface area contributed by atoms with E-state index in [-0.39, 0.29) is 28.6 Å². The van der Waals surface area contributed by atoms with Crippen LogP contribution in [0.3, 0.4) is 0 Å². The molecule has 80 heavy (non-hydrogen) atoms. The molecule has 0 spiro atoms. The Balaban J connectivity index is 1.26. The van der Waals surface area contributed by atoms with Crippen LogP contribution in [0.4, 0.5) is 26.3 Å². The predicted octanol–water partition coefficient (Wildman–Crippen LogP) is 17.3. The fourth-order valence-corrected chi connectivity index (χ4v) is 11.0. The van der Waals surface area contributed by atoms with E-state index in [0.29, 0.717) is 95.9 Å². The third-order valence-corrected chi connectivity index (χ3v) is 14.8. The van der Waals surface area contributed by atoms with Crippen LogP contribution in [0, 0.1) is 56.7 Å². The summed E-state index contributed by atoms with van der Waals surface area (Å²) in [5, 5.41) is 51.9. The van der Waals surface area contributed by atoms with E-state index in [4.69, 9.17) is 0 Å². The van der Waals surface area contributed by atoms with Crippen molar-refractivity contribution in [3.05, 3.63) is 238 Å². The second kappa shape index (κ2) is 19.3. The van der Waals surface area contributed by atoms with Crippen LogP contribution in [0.15, 0.2) is 182 Å². The number of rotatable bonds is 7. The fourth-order valence-electron chi connectivity index (χ4n) is 11.0. The minimum atomic E-state index is -5.24. The first kappa shape index (κ1) is 49.9. The molecular formula is C67H35F6N7. The maximum Gasteiger partial charge on any atom is 0.416 e. The summed E-state index contributed by atoms with van der Waals surface area (Å²) in [7, 11) is 0. The lowest BCUT2D eigenvalue weighted by Crippen LogP contribution is -2.12. The van der Waals surface area contributed by atoms with Gasteiger partial charge in [-0.15, -0.1) is 0 Å². The lowest BCUT2D eigenvalue weighted by molar-refractivity contribution is -0.143. The predicted molar refractivity (Wildman–Crippen MR) is 296 cm³/mol. The normalized spacial score (nSPS) is 12.3. The average Bonchev–Trinajstić information content (AvgIpc) is 4.09. The molecule has 13 heteroatoms. The van der Waals surface area contributed by atoms with Crippen LogP contribution < -0.4 is 0 Å². The molecular weight excluding hydrogens is 1020 g/mol. The molecule has 11 aromatic rings. The van der Waals surface area contributed by atoms with Gasteiger partial charge in [-0.05, 0) is 172 Å². The van der Waals surface area contributed by atoms with Crippen molar-refractivity contribution in [1.29, 1.82) is 26.3 Å². The number of benzene rings is 9. The van der Waals surface area contributed by atoms with Gasteiger partial charge in [0.1, 0.15) is 0 Å². The molecule has 0 fully saturated rings. The van der Waals surface area contributed by atoms with Crippen LogP contribution in [0.5, 0.6) is 0 Å². The van der Waals surface area contributed by atoms with Gasteiger partial charge in [-0.1, -0.05) is 84.9 Å². The van der Waals surface area contributed by atoms with Crippen molar-refractivity contribution in [2.45, 2.75) is 25.2 Å². The molecule has 0 amide bonds. The molecule has 0 saturated heterocycles. The van der Waals surface area contributed by atoms with Crippen LogP contribution in [-0.2, 0) is 18.8 Å². The molecule has 7 nitrogen and oxygen atoms in total. The van der Waals surface area contributed by atoms with Gasteiger partial charge in [0, 0.05) is 21.7 Å². The number of hydrogen-bond donors (Lipinski definition) is 0. The van der Waals surface area contributed by atoms with E-state index in [2.05, 4.69) is 30.3 Å². The van der Waals surface area contributed by atoms with E-state index in [9.17, 15) is 26.3 Å². The summed E-state index contributed by atoms with van der Waals surface area (Å²) >= 11 is 0. The molecule has 9 aromatic carbocycles. The summed E-state index contributed by atoms with van der Waals surface area (Å²) in [6.07, 6.45) is -7.53. The average molecular weight is 1050 g/mol. The number of aromatic nitrogens is 2. The van der Waals surface area contributed by atoms with E-state index in [1.165, 1.54) is 12.1 Å². The zero-order chi connectivity index (χ0) is 55.6. The van der Waals surface area contributed by atoms with Crippen molar-refractivity contribution < 1.29 is 26.3 Å². The molecule has 1 aliphatic carbocycles. The van der Waals surface area contributed by atoms with Gasteiger partial charge in [0.15, 0.2) is 0 Å². The van der Waals surface area contributed by atoms with Crippen LogP contribution in [0.2, 0.25) is 0 Å². The Morgan fingerprint density at radius 1 is 0.338 bits per heavy atom. The Kier molecular flexibility index (Phi) is 12.0. The van der Waals surface area contributed by atoms with Gasteiger partial charge in [0.05, 0.1) is 103 Å². The number of nitrogens with zero attached hydrogens (tertiary/aromatic N) is 7. The Bertz CT molecular complexity index is 4490. The molecule has 0 N–H and O–H groups in total. The van der Waals surface area contributed by atoms with Crippen molar-refractivity contribution in [3.8, 4) is 86.2 Å². The van der Waals surface area contributed by atoms with Crippen molar-refractivity contribution >= 4 is 44.4 Å². The van der Waals surface area contributed by atoms with Gasteiger partial charge in [0.2, 0.25) is 0 Å². The molecule has 0 bridgehead atoms. The summed E-state index contributed by atoms with van der Waals surface area (Å²) in [6.45, 7) is 0. The van der Waals surface area contributed by atoms with Crippen LogP contribution in [-0.4, -0.2) is 9.13 Å². The molecule has 12 rings (SSSR count).